The summed E-state index contributed by atoms with van der Waals surface area (Å²) < 4.78 is 47.1. The topological polar surface area (TPSA) is 108 Å². The largest absolute Gasteiger partial charge is 0.493 e. The van der Waals surface area contributed by atoms with Crippen LogP contribution in [0.25, 0.3) is 10.2 Å². The van der Waals surface area contributed by atoms with Crippen molar-refractivity contribution >= 4 is 42.4 Å². The molecule has 1 aromatic heterocycles. The average Bonchev–Trinajstić information content (AvgIpc) is 3.31. The number of benzene rings is 2. The van der Waals surface area contributed by atoms with Crippen molar-refractivity contribution in [1.82, 2.24) is 9.88 Å². The van der Waals surface area contributed by atoms with Crippen LogP contribution in [0.1, 0.15) is 10.4 Å². The third kappa shape index (κ3) is 5.41. The predicted molar refractivity (Wildman–Crippen MR) is 138 cm³/mol. The monoisotopic (exact) mass is 535 g/mol. The summed E-state index contributed by atoms with van der Waals surface area (Å²) in [7, 11) is 0.976. The number of amides is 1. The smallest absolute Gasteiger partial charge is 0.260 e. The number of aromatic nitrogens is 1. The Bertz CT molecular complexity index is 1330. The molecule has 1 aliphatic heterocycles. The average molecular weight is 536 g/mol. The SMILES string of the molecule is COc1cc(C(=O)N(CCN2CCOCC2)c2nc3c(S(C)(=O)=O)cccc3s2)cc(OC)c1OC. The first-order chi connectivity index (χ1) is 17.3. The molecule has 0 spiro atoms. The van der Waals surface area contributed by atoms with E-state index in [4.69, 9.17) is 18.9 Å². The fourth-order valence-electron chi connectivity index (χ4n) is 4.04. The third-order valence-electron chi connectivity index (χ3n) is 5.90. The molecule has 0 unspecified atom stereocenters. The minimum absolute atomic E-state index is 0.135. The van der Waals surface area contributed by atoms with Crippen molar-refractivity contribution in [2.45, 2.75) is 4.90 Å². The number of morpholine rings is 1. The number of ether oxygens (including phenoxy) is 4. The Balaban J connectivity index is 1.77. The van der Waals surface area contributed by atoms with E-state index < -0.39 is 9.84 Å². The van der Waals surface area contributed by atoms with Crippen molar-refractivity contribution < 1.29 is 32.2 Å². The summed E-state index contributed by atoms with van der Waals surface area (Å²) in [4.78, 5) is 22.4. The van der Waals surface area contributed by atoms with Crippen LogP contribution in [-0.2, 0) is 14.6 Å². The van der Waals surface area contributed by atoms with Crippen LogP contribution >= 0.6 is 11.3 Å². The Labute approximate surface area is 214 Å². The summed E-state index contributed by atoms with van der Waals surface area (Å²) in [5.74, 6) is 0.783. The zero-order valence-electron chi connectivity index (χ0n) is 20.6. The molecule has 10 nitrogen and oxygen atoms in total. The summed E-state index contributed by atoms with van der Waals surface area (Å²) in [5, 5.41) is 0.410. The molecule has 36 heavy (non-hydrogen) atoms. The Morgan fingerprint density at radius 2 is 1.78 bits per heavy atom. The Hall–Kier alpha value is -2.93. The molecule has 0 atom stereocenters. The standard InChI is InChI=1S/C24H29N3O7S2/c1-31-17-14-16(15-18(32-2)22(17)33-3)23(28)27(9-8-26-10-12-34-13-11-26)24-25-21-19(35-24)6-5-7-20(21)36(4,29)30/h5-7,14-15H,8-13H2,1-4H3. The number of sulfone groups is 1. The first kappa shape index (κ1) is 26.1. The van der Waals surface area contributed by atoms with Gasteiger partial charge in [0.15, 0.2) is 26.5 Å². The summed E-state index contributed by atoms with van der Waals surface area (Å²) in [5.41, 5.74) is 0.683. The van der Waals surface area contributed by atoms with E-state index in [-0.39, 0.29) is 10.8 Å². The van der Waals surface area contributed by atoms with Crippen molar-refractivity contribution in [3.8, 4) is 17.2 Å². The number of thiazole rings is 1. The minimum Gasteiger partial charge on any atom is -0.493 e. The fraction of sp³-hybridized carbons (Fsp3) is 0.417. The number of rotatable bonds is 9. The fourth-order valence-corrected chi connectivity index (χ4v) is 5.95. The molecule has 2 aromatic carbocycles. The van der Waals surface area contributed by atoms with Crippen LogP contribution in [0.5, 0.6) is 17.2 Å². The van der Waals surface area contributed by atoms with E-state index in [0.29, 0.717) is 64.5 Å². The molecular weight excluding hydrogens is 506 g/mol. The number of para-hydroxylation sites is 1. The third-order valence-corrected chi connectivity index (χ3v) is 8.07. The molecule has 2 heterocycles. The van der Waals surface area contributed by atoms with E-state index in [2.05, 4.69) is 9.88 Å². The predicted octanol–water partition coefficient (Wildman–Crippen LogP) is 2.70. The van der Waals surface area contributed by atoms with E-state index in [0.717, 1.165) is 19.3 Å². The van der Waals surface area contributed by atoms with Crippen molar-refractivity contribution in [3.63, 3.8) is 0 Å². The summed E-state index contributed by atoms with van der Waals surface area (Å²) in [6.07, 6.45) is 1.15. The van der Waals surface area contributed by atoms with E-state index in [1.807, 2.05) is 0 Å². The number of anilines is 1. The van der Waals surface area contributed by atoms with E-state index in [9.17, 15) is 13.2 Å². The number of carbonyl (C=O) groups excluding carboxylic acids is 1. The summed E-state index contributed by atoms with van der Waals surface area (Å²) in [6, 6.07) is 8.20. The van der Waals surface area contributed by atoms with Gasteiger partial charge in [0.1, 0.15) is 5.52 Å². The van der Waals surface area contributed by atoms with Gasteiger partial charge >= 0.3 is 0 Å². The lowest BCUT2D eigenvalue weighted by atomic mass is 10.1. The van der Waals surface area contributed by atoms with Gasteiger partial charge in [-0.05, 0) is 24.3 Å². The molecule has 12 heteroatoms. The van der Waals surface area contributed by atoms with Gasteiger partial charge in [0.05, 0.1) is 44.1 Å². The van der Waals surface area contributed by atoms with Crippen molar-refractivity contribution in [1.29, 1.82) is 0 Å². The quantitative estimate of drug-likeness (QED) is 0.409. The van der Waals surface area contributed by atoms with Crippen molar-refractivity contribution in [3.05, 3.63) is 35.9 Å². The molecule has 1 saturated heterocycles. The molecule has 0 saturated carbocycles. The van der Waals surface area contributed by atoms with Gasteiger partial charge in [-0.3, -0.25) is 14.6 Å². The van der Waals surface area contributed by atoms with E-state index in [1.165, 1.54) is 38.7 Å². The van der Waals surface area contributed by atoms with Gasteiger partial charge in [0, 0.05) is 38.0 Å². The van der Waals surface area contributed by atoms with Crippen LogP contribution in [0.4, 0.5) is 5.13 Å². The molecule has 0 radical (unpaired) electrons. The van der Waals surface area contributed by atoms with Gasteiger partial charge < -0.3 is 18.9 Å². The lowest BCUT2D eigenvalue weighted by Crippen LogP contribution is -2.43. The number of hydrogen-bond acceptors (Lipinski definition) is 10. The van der Waals surface area contributed by atoms with Gasteiger partial charge in [-0.15, -0.1) is 0 Å². The maximum atomic E-state index is 13.9. The highest BCUT2D eigenvalue weighted by Crippen LogP contribution is 2.39. The van der Waals surface area contributed by atoms with Crippen LogP contribution < -0.4 is 19.1 Å². The lowest BCUT2D eigenvalue weighted by molar-refractivity contribution is 0.0391. The van der Waals surface area contributed by atoms with Crippen molar-refractivity contribution in [2.75, 3.05) is 71.9 Å². The maximum absolute atomic E-state index is 13.9. The highest BCUT2D eigenvalue weighted by atomic mass is 32.2. The van der Waals surface area contributed by atoms with Gasteiger partial charge in [0.25, 0.3) is 5.91 Å². The number of fused-ring (bicyclic) bond motifs is 1. The summed E-state index contributed by atoms with van der Waals surface area (Å²) in [6.45, 7) is 3.77. The molecule has 4 rings (SSSR count). The molecule has 0 bridgehead atoms. The Morgan fingerprint density at radius 1 is 1.11 bits per heavy atom. The minimum atomic E-state index is -3.50. The zero-order valence-corrected chi connectivity index (χ0v) is 22.3. The van der Waals surface area contributed by atoms with Crippen LogP contribution in [-0.4, -0.2) is 91.2 Å². The van der Waals surface area contributed by atoms with E-state index >= 15 is 0 Å². The molecule has 1 amide bonds. The molecule has 1 fully saturated rings. The Kier molecular flexibility index (Phi) is 7.98. The number of nitrogens with zero attached hydrogens (tertiary/aromatic N) is 3. The van der Waals surface area contributed by atoms with Gasteiger partial charge in [-0.2, -0.15) is 0 Å². The number of methoxy groups -OCH3 is 3. The second kappa shape index (κ2) is 11.0. The van der Waals surface area contributed by atoms with Crippen LogP contribution in [0, 0.1) is 0 Å². The first-order valence-electron chi connectivity index (χ1n) is 11.3. The second-order valence-corrected chi connectivity index (χ2v) is 11.2. The molecule has 194 valence electrons. The zero-order chi connectivity index (χ0) is 25.9. The Morgan fingerprint density at radius 3 is 2.36 bits per heavy atom. The van der Waals surface area contributed by atoms with Crippen LogP contribution in [0.2, 0.25) is 0 Å². The van der Waals surface area contributed by atoms with Crippen molar-refractivity contribution in [2.24, 2.45) is 0 Å². The van der Waals surface area contributed by atoms with E-state index in [1.54, 1.807) is 29.2 Å². The van der Waals surface area contributed by atoms with Gasteiger partial charge in [0.2, 0.25) is 5.75 Å². The maximum Gasteiger partial charge on any atom is 0.260 e. The van der Waals surface area contributed by atoms with Gasteiger partial charge in [-0.1, -0.05) is 17.4 Å². The lowest BCUT2D eigenvalue weighted by Gasteiger charge is -2.29. The normalized spacial score (nSPS) is 14.6. The summed E-state index contributed by atoms with van der Waals surface area (Å²) >= 11 is 1.27. The molecule has 0 N–H and O–H groups in total. The molecular formula is C24H29N3O7S2. The van der Waals surface area contributed by atoms with Crippen LogP contribution in [0.3, 0.4) is 0 Å². The number of carbonyl (C=O) groups is 1. The molecule has 1 aliphatic rings. The van der Waals surface area contributed by atoms with Crippen LogP contribution in [0.15, 0.2) is 35.2 Å². The first-order valence-corrected chi connectivity index (χ1v) is 14.0. The molecule has 0 aliphatic carbocycles. The highest BCUT2D eigenvalue weighted by Gasteiger charge is 2.27. The van der Waals surface area contributed by atoms with Gasteiger partial charge in [-0.25, -0.2) is 13.4 Å². The molecule has 3 aromatic rings. The number of hydrogen-bond donors (Lipinski definition) is 0. The highest BCUT2D eigenvalue weighted by molar-refractivity contribution is 7.91. The second-order valence-electron chi connectivity index (χ2n) is 8.20.